The minimum absolute atomic E-state index is 0.544. The molecule has 0 atom stereocenters. The maximum atomic E-state index is 5.28. The standard InChI is InChI=1S/C52H36N6/c1-3-4-6-17-34(2)50-53-51(35-18-7-5-8-19-35)55-52(54-50)58-48-32-36(56-44-24-13-9-20-38(44)39-21-10-14-25-45(39)56)28-30-42(48)43-31-29-37(33-49(43)58)57-46-26-15-11-22-40(46)41-23-12-16-27-47(41)57/h3-33H,1H2,2H3/b6-4-,34-17+. The van der Waals surface area contributed by atoms with Crippen LogP contribution in [0.2, 0.25) is 0 Å². The Balaban J connectivity index is 1.24. The summed E-state index contributed by atoms with van der Waals surface area (Å²) in [7, 11) is 0. The Morgan fingerprint density at radius 3 is 1.38 bits per heavy atom. The molecule has 0 saturated carbocycles. The molecule has 0 saturated heterocycles. The summed E-state index contributed by atoms with van der Waals surface area (Å²) in [5.74, 6) is 1.75. The molecule has 6 heteroatoms. The van der Waals surface area contributed by atoms with Gasteiger partial charge in [-0.3, -0.25) is 4.57 Å². The number of para-hydroxylation sites is 4. The van der Waals surface area contributed by atoms with Crippen molar-refractivity contribution in [2.24, 2.45) is 0 Å². The Labute approximate surface area is 334 Å². The van der Waals surface area contributed by atoms with Crippen molar-refractivity contribution >= 4 is 71.0 Å². The van der Waals surface area contributed by atoms with Crippen LogP contribution in [-0.2, 0) is 0 Å². The molecule has 274 valence electrons. The Morgan fingerprint density at radius 2 is 0.897 bits per heavy atom. The van der Waals surface area contributed by atoms with E-state index in [1.54, 1.807) is 6.08 Å². The molecule has 0 fully saturated rings. The lowest BCUT2D eigenvalue weighted by atomic mass is 10.1. The molecule has 0 N–H and O–H groups in total. The van der Waals surface area contributed by atoms with Gasteiger partial charge in [0, 0.05) is 49.3 Å². The maximum Gasteiger partial charge on any atom is 0.238 e. The molecule has 11 rings (SSSR count). The molecule has 6 nitrogen and oxygen atoms in total. The fourth-order valence-corrected chi connectivity index (χ4v) is 8.60. The predicted octanol–water partition coefficient (Wildman–Crippen LogP) is 13.0. The normalized spacial score (nSPS) is 12.3. The first-order chi connectivity index (χ1) is 28.7. The van der Waals surface area contributed by atoms with Crippen LogP contribution in [0.3, 0.4) is 0 Å². The molecule has 0 unspecified atom stereocenters. The average Bonchev–Trinajstić information content (AvgIpc) is 3.92. The monoisotopic (exact) mass is 744 g/mol. The summed E-state index contributed by atoms with van der Waals surface area (Å²) in [6, 6.07) is 58.2. The second-order valence-corrected chi connectivity index (χ2v) is 14.6. The van der Waals surface area contributed by atoms with Gasteiger partial charge in [0.2, 0.25) is 5.95 Å². The van der Waals surface area contributed by atoms with Crippen molar-refractivity contribution in [2.45, 2.75) is 6.92 Å². The number of allylic oxidation sites excluding steroid dienone is 5. The minimum atomic E-state index is 0.544. The van der Waals surface area contributed by atoms with E-state index in [-0.39, 0.29) is 0 Å². The van der Waals surface area contributed by atoms with E-state index in [2.05, 4.69) is 154 Å². The summed E-state index contributed by atoms with van der Waals surface area (Å²) in [5, 5.41) is 7.10. The molecule has 0 spiro atoms. The fourth-order valence-electron chi connectivity index (χ4n) is 8.60. The zero-order valence-corrected chi connectivity index (χ0v) is 31.8. The van der Waals surface area contributed by atoms with E-state index in [9.17, 15) is 0 Å². The Morgan fingerprint density at radius 1 is 0.448 bits per heavy atom. The van der Waals surface area contributed by atoms with Gasteiger partial charge in [-0.15, -0.1) is 0 Å². The van der Waals surface area contributed by atoms with E-state index in [1.807, 2.05) is 55.5 Å². The van der Waals surface area contributed by atoms with Crippen molar-refractivity contribution in [3.63, 3.8) is 0 Å². The van der Waals surface area contributed by atoms with Crippen LogP contribution in [0.1, 0.15) is 12.7 Å². The molecular weight excluding hydrogens is 709 g/mol. The summed E-state index contributed by atoms with van der Waals surface area (Å²) in [5.41, 5.74) is 10.6. The summed E-state index contributed by atoms with van der Waals surface area (Å²) < 4.78 is 6.95. The van der Waals surface area contributed by atoms with Gasteiger partial charge in [0.25, 0.3) is 0 Å². The number of benzene rings is 7. The minimum Gasteiger partial charge on any atom is -0.309 e. The number of hydrogen-bond donors (Lipinski definition) is 0. The molecule has 0 bridgehead atoms. The molecule has 58 heavy (non-hydrogen) atoms. The Bertz CT molecular complexity index is 3210. The zero-order valence-electron chi connectivity index (χ0n) is 31.8. The van der Waals surface area contributed by atoms with Gasteiger partial charge in [0.1, 0.15) is 0 Å². The molecule has 0 aliphatic heterocycles. The first-order valence-corrected chi connectivity index (χ1v) is 19.5. The molecule has 4 heterocycles. The Kier molecular flexibility index (Phi) is 7.76. The van der Waals surface area contributed by atoms with E-state index in [4.69, 9.17) is 15.0 Å². The first kappa shape index (κ1) is 33.5. The van der Waals surface area contributed by atoms with E-state index >= 15 is 0 Å². The second-order valence-electron chi connectivity index (χ2n) is 14.6. The van der Waals surface area contributed by atoms with Crippen molar-refractivity contribution < 1.29 is 0 Å². The van der Waals surface area contributed by atoms with Crippen LogP contribution in [0.25, 0.3) is 99.7 Å². The third-order valence-corrected chi connectivity index (χ3v) is 11.2. The van der Waals surface area contributed by atoms with Crippen LogP contribution in [0.4, 0.5) is 0 Å². The lowest BCUT2D eigenvalue weighted by Crippen LogP contribution is -2.08. The lowest BCUT2D eigenvalue weighted by Gasteiger charge is -2.13. The predicted molar refractivity (Wildman–Crippen MR) is 241 cm³/mol. The van der Waals surface area contributed by atoms with Gasteiger partial charge in [0.15, 0.2) is 11.6 Å². The van der Waals surface area contributed by atoms with Crippen LogP contribution in [-0.4, -0.2) is 28.7 Å². The number of rotatable bonds is 7. The van der Waals surface area contributed by atoms with Gasteiger partial charge < -0.3 is 9.13 Å². The first-order valence-electron chi connectivity index (χ1n) is 19.5. The number of nitrogens with zero attached hydrogens (tertiary/aromatic N) is 6. The lowest BCUT2D eigenvalue weighted by molar-refractivity contribution is 0.929. The number of hydrogen-bond acceptors (Lipinski definition) is 3. The quantitative estimate of drug-likeness (QED) is 0.153. The van der Waals surface area contributed by atoms with Gasteiger partial charge in [-0.25, -0.2) is 4.98 Å². The molecule has 0 amide bonds. The highest BCUT2D eigenvalue weighted by atomic mass is 15.2. The summed E-state index contributed by atoms with van der Waals surface area (Å²) in [6.45, 7) is 5.88. The Hall–Kier alpha value is -7.83. The average molecular weight is 745 g/mol. The van der Waals surface area contributed by atoms with Crippen molar-refractivity contribution in [3.05, 3.63) is 200 Å². The van der Waals surface area contributed by atoms with Crippen molar-refractivity contribution in [3.8, 4) is 28.7 Å². The molecule has 0 radical (unpaired) electrons. The molecule has 7 aromatic carbocycles. The molecule has 4 aromatic heterocycles. The molecule has 11 aromatic rings. The van der Waals surface area contributed by atoms with Crippen LogP contribution >= 0.6 is 0 Å². The van der Waals surface area contributed by atoms with Crippen LogP contribution in [0.5, 0.6) is 0 Å². The summed E-state index contributed by atoms with van der Waals surface area (Å²) >= 11 is 0. The topological polar surface area (TPSA) is 53.5 Å². The van der Waals surface area contributed by atoms with E-state index in [0.717, 1.165) is 66.4 Å². The summed E-state index contributed by atoms with van der Waals surface area (Å²) in [6.07, 6.45) is 7.65. The third-order valence-electron chi connectivity index (χ3n) is 11.2. The second kappa shape index (κ2) is 13.4. The molecule has 0 aliphatic rings. The summed E-state index contributed by atoms with van der Waals surface area (Å²) in [4.78, 5) is 15.6. The van der Waals surface area contributed by atoms with Crippen LogP contribution in [0.15, 0.2) is 195 Å². The highest BCUT2D eigenvalue weighted by molar-refractivity contribution is 6.13. The third kappa shape index (κ3) is 5.23. The van der Waals surface area contributed by atoms with E-state index in [0.29, 0.717) is 17.6 Å². The fraction of sp³-hybridized carbons (Fsp3) is 0.0192. The highest BCUT2D eigenvalue weighted by Crippen LogP contribution is 2.39. The number of fused-ring (bicyclic) bond motifs is 9. The van der Waals surface area contributed by atoms with E-state index < -0.39 is 0 Å². The van der Waals surface area contributed by atoms with Crippen molar-refractivity contribution in [1.29, 1.82) is 0 Å². The molecule has 0 aliphatic carbocycles. The van der Waals surface area contributed by atoms with Gasteiger partial charge in [-0.1, -0.05) is 146 Å². The van der Waals surface area contributed by atoms with E-state index in [1.165, 1.54) is 21.5 Å². The van der Waals surface area contributed by atoms with Gasteiger partial charge >= 0.3 is 0 Å². The number of aromatic nitrogens is 6. The van der Waals surface area contributed by atoms with Crippen LogP contribution in [0, 0.1) is 0 Å². The van der Waals surface area contributed by atoms with Gasteiger partial charge in [-0.2, -0.15) is 9.97 Å². The zero-order chi connectivity index (χ0) is 38.7. The van der Waals surface area contributed by atoms with Gasteiger partial charge in [-0.05, 0) is 61.0 Å². The highest BCUT2D eigenvalue weighted by Gasteiger charge is 2.21. The largest absolute Gasteiger partial charge is 0.309 e. The van der Waals surface area contributed by atoms with Crippen LogP contribution < -0.4 is 0 Å². The van der Waals surface area contributed by atoms with Gasteiger partial charge in [0.05, 0.1) is 33.1 Å². The van der Waals surface area contributed by atoms with Crippen molar-refractivity contribution in [2.75, 3.05) is 0 Å². The van der Waals surface area contributed by atoms with Crippen molar-refractivity contribution in [1.82, 2.24) is 28.7 Å². The smallest absolute Gasteiger partial charge is 0.238 e. The SMILES string of the molecule is C=C/C=C\C=C(/C)c1nc(-c2ccccc2)nc(-n2c3cc(-n4c5ccccc5c5ccccc54)ccc3c3ccc(-n4c5ccccc5c5ccccc54)cc32)n1. The maximum absolute atomic E-state index is 5.28. The molecular formula is C52H36N6.